The molecule has 0 bridgehead atoms. The summed E-state index contributed by atoms with van der Waals surface area (Å²) in [6.45, 7) is 4.55. The number of urea groups is 1. The molecule has 116 valence electrons. The van der Waals surface area contributed by atoms with Crippen molar-refractivity contribution in [1.82, 2.24) is 15.1 Å². The fourth-order valence-corrected chi connectivity index (χ4v) is 2.84. The van der Waals surface area contributed by atoms with Crippen LogP contribution in [0.15, 0.2) is 0 Å². The number of carboxylic acids is 1. The number of rotatable bonds is 5. The lowest BCUT2D eigenvalue weighted by atomic mass is 10.0. The molecule has 0 saturated carbocycles. The zero-order valence-corrected chi connectivity index (χ0v) is 12.7. The number of aromatic nitrogens is 2. The van der Waals surface area contributed by atoms with Crippen LogP contribution in [0.3, 0.4) is 0 Å². The summed E-state index contributed by atoms with van der Waals surface area (Å²) < 4.78 is 5.23. The van der Waals surface area contributed by atoms with Crippen molar-refractivity contribution >= 4 is 28.5 Å². The standard InChI is InChI=1S/C12H18N4O4S/c1-3-4-16(9-6-20-5-8(9)10(17)18)12(19)13-11-15-14-7(2)21-11/h8-9H,3-6H2,1-2H3,(H,17,18)(H,13,15,19). The topological polar surface area (TPSA) is 105 Å². The first-order valence-corrected chi connectivity index (χ1v) is 7.52. The number of amides is 2. The lowest BCUT2D eigenvalue weighted by Gasteiger charge is -2.29. The first-order chi connectivity index (χ1) is 10.0. The molecule has 8 nitrogen and oxygen atoms in total. The van der Waals surface area contributed by atoms with Gasteiger partial charge in [0.15, 0.2) is 0 Å². The van der Waals surface area contributed by atoms with Gasteiger partial charge in [-0.1, -0.05) is 18.3 Å². The first-order valence-electron chi connectivity index (χ1n) is 6.71. The van der Waals surface area contributed by atoms with E-state index in [9.17, 15) is 14.7 Å². The van der Waals surface area contributed by atoms with Crippen molar-refractivity contribution in [2.24, 2.45) is 5.92 Å². The van der Waals surface area contributed by atoms with Crippen LogP contribution in [0, 0.1) is 12.8 Å². The average Bonchev–Trinajstić information content (AvgIpc) is 3.05. The summed E-state index contributed by atoms with van der Waals surface area (Å²) in [5.41, 5.74) is 0. The van der Waals surface area contributed by atoms with E-state index in [4.69, 9.17) is 4.74 Å². The van der Waals surface area contributed by atoms with Crippen LogP contribution in [-0.4, -0.2) is 58.0 Å². The number of aliphatic carboxylic acids is 1. The third-order valence-corrected chi connectivity index (χ3v) is 3.99. The lowest BCUT2D eigenvalue weighted by Crippen LogP contribution is -2.48. The van der Waals surface area contributed by atoms with Gasteiger partial charge in [-0.05, 0) is 13.3 Å². The molecule has 1 fully saturated rings. The molecule has 1 aliphatic rings. The molecule has 1 aliphatic heterocycles. The number of nitrogens with zero attached hydrogens (tertiary/aromatic N) is 3. The highest BCUT2D eigenvalue weighted by molar-refractivity contribution is 7.15. The Bertz CT molecular complexity index is 521. The van der Waals surface area contributed by atoms with Gasteiger partial charge in [-0.25, -0.2) is 4.79 Å². The van der Waals surface area contributed by atoms with Crippen LogP contribution < -0.4 is 5.32 Å². The van der Waals surface area contributed by atoms with Gasteiger partial charge in [0.1, 0.15) is 10.9 Å². The second-order valence-corrected chi connectivity index (χ2v) is 5.98. The number of aryl methyl sites for hydroxylation is 1. The van der Waals surface area contributed by atoms with Crippen molar-refractivity contribution in [2.75, 3.05) is 25.1 Å². The molecule has 1 aromatic rings. The van der Waals surface area contributed by atoms with Crippen LogP contribution in [0.4, 0.5) is 9.93 Å². The number of carboxylic acid groups (broad SMARTS) is 1. The molecule has 2 amide bonds. The van der Waals surface area contributed by atoms with E-state index in [2.05, 4.69) is 15.5 Å². The van der Waals surface area contributed by atoms with Gasteiger partial charge in [0, 0.05) is 6.54 Å². The summed E-state index contributed by atoms with van der Waals surface area (Å²) in [5, 5.41) is 20.7. The molecule has 1 aromatic heterocycles. The second-order valence-electron chi connectivity index (χ2n) is 4.80. The number of anilines is 1. The minimum atomic E-state index is -0.946. The van der Waals surface area contributed by atoms with Crippen molar-refractivity contribution < 1.29 is 19.4 Å². The summed E-state index contributed by atoms with van der Waals surface area (Å²) >= 11 is 1.27. The van der Waals surface area contributed by atoms with E-state index in [-0.39, 0.29) is 19.2 Å². The first kappa shape index (κ1) is 15.6. The fourth-order valence-electron chi connectivity index (χ4n) is 2.26. The Balaban J connectivity index is 2.10. The highest BCUT2D eigenvalue weighted by Gasteiger charge is 2.39. The molecule has 0 radical (unpaired) electrons. The van der Waals surface area contributed by atoms with Gasteiger partial charge in [-0.3, -0.25) is 10.1 Å². The number of carbonyl (C=O) groups is 2. The minimum Gasteiger partial charge on any atom is -0.481 e. The van der Waals surface area contributed by atoms with E-state index in [1.165, 1.54) is 16.2 Å². The summed E-state index contributed by atoms with van der Waals surface area (Å²) in [5.74, 6) is -1.64. The van der Waals surface area contributed by atoms with Crippen molar-refractivity contribution in [3.05, 3.63) is 5.01 Å². The molecule has 21 heavy (non-hydrogen) atoms. The van der Waals surface area contributed by atoms with Gasteiger partial charge in [0.2, 0.25) is 5.13 Å². The minimum absolute atomic E-state index is 0.130. The Morgan fingerprint density at radius 2 is 2.24 bits per heavy atom. The van der Waals surface area contributed by atoms with E-state index in [1.807, 2.05) is 6.92 Å². The van der Waals surface area contributed by atoms with Crippen molar-refractivity contribution in [3.63, 3.8) is 0 Å². The number of nitrogens with one attached hydrogen (secondary N) is 1. The van der Waals surface area contributed by atoms with Crippen LogP contribution in [0.1, 0.15) is 18.4 Å². The van der Waals surface area contributed by atoms with E-state index < -0.39 is 17.9 Å². The largest absolute Gasteiger partial charge is 0.481 e. The smallest absolute Gasteiger partial charge is 0.324 e. The Morgan fingerprint density at radius 3 is 2.81 bits per heavy atom. The summed E-state index contributed by atoms with van der Waals surface area (Å²) in [6.07, 6.45) is 0.728. The normalized spacial score (nSPS) is 21.2. The quantitative estimate of drug-likeness (QED) is 0.846. The van der Waals surface area contributed by atoms with Crippen molar-refractivity contribution in [3.8, 4) is 0 Å². The second kappa shape index (κ2) is 6.81. The Labute approximate surface area is 126 Å². The summed E-state index contributed by atoms with van der Waals surface area (Å²) in [7, 11) is 0. The monoisotopic (exact) mass is 314 g/mol. The summed E-state index contributed by atoms with van der Waals surface area (Å²) in [4.78, 5) is 25.1. The van der Waals surface area contributed by atoms with Gasteiger partial charge in [0.25, 0.3) is 0 Å². The third kappa shape index (κ3) is 3.67. The fraction of sp³-hybridized carbons (Fsp3) is 0.667. The number of ether oxygens (including phenoxy) is 1. The van der Waals surface area contributed by atoms with E-state index >= 15 is 0 Å². The Hall–Kier alpha value is -1.74. The highest BCUT2D eigenvalue weighted by atomic mass is 32.1. The average molecular weight is 314 g/mol. The molecule has 9 heteroatoms. The molecule has 2 unspecified atom stereocenters. The van der Waals surface area contributed by atoms with Crippen LogP contribution in [0.5, 0.6) is 0 Å². The molecule has 2 heterocycles. The maximum Gasteiger partial charge on any atom is 0.324 e. The number of hydrogen-bond acceptors (Lipinski definition) is 6. The molecule has 1 saturated heterocycles. The highest BCUT2D eigenvalue weighted by Crippen LogP contribution is 2.22. The predicted octanol–water partition coefficient (Wildman–Crippen LogP) is 1.19. The van der Waals surface area contributed by atoms with E-state index in [1.54, 1.807) is 6.92 Å². The van der Waals surface area contributed by atoms with Gasteiger partial charge in [-0.15, -0.1) is 10.2 Å². The van der Waals surface area contributed by atoms with Crippen molar-refractivity contribution in [2.45, 2.75) is 26.3 Å². The van der Waals surface area contributed by atoms with Crippen LogP contribution in [-0.2, 0) is 9.53 Å². The molecule has 2 atom stereocenters. The zero-order valence-electron chi connectivity index (χ0n) is 11.9. The van der Waals surface area contributed by atoms with Crippen LogP contribution in [0.25, 0.3) is 0 Å². The molecule has 0 aliphatic carbocycles. The predicted molar refractivity (Wildman–Crippen MR) is 76.4 cm³/mol. The zero-order chi connectivity index (χ0) is 15.4. The van der Waals surface area contributed by atoms with Gasteiger partial charge < -0.3 is 14.7 Å². The van der Waals surface area contributed by atoms with Gasteiger partial charge in [0.05, 0.1) is 19.3 Å². The Kier molecular flexibility index (Phi) is 5.07. The molecule has 2 N–H and O–H groups in total. The number of carbonyl (C=O) groups excluding carboxylic acids is 1. The molecular weight excluding hydrogens is 296 g/mol. The maximum absolute atomic E-state index is 12.4. The molecule has 2 rings (SSSR count). The van der Waals surface area contributed by atoms with Crippen molar-refractivity contribution in [1.29, 1.82) is 0 Å². The molecular formula is C12H18N4O4S. The maximum atomic E-state index is 12.4. The van der Waals surface area contributed by atoms with E-state index in [0.29, 0.717) is 11.7 Å². The van der Waals surface area contributed by atoms with Crippen LogP contribution in [0.2, 0.25) is 0 Å². The Morgan fingerprint density at radius 1 is 1.48 bits per heavy atom. The molecule has 0 spiro atoms. The van der Waals surface area contributed by atoms with E-state index in [0.717, 1.165) is 11.4 Å². The van der Waals surface area contributed by atoms with Gasteiger partial charge in [-0.2, -0.15) is 0 Å². The molecule has 0 aromatic carbocycles. The number of hydrogen-bond donors (Lipinski definition) is 2. The van der Waals surface area contributed by atoms with Crippen LogP contribution >= 0.6 is 11.3 Å². The third-order valence-electron chi connectivity index (χ3n) is 3.23. The SMILES string of the molecule is CCCN(C(=O)Nc1nnc(C)s1)C1COCC1C(=O)O. The lowest BCUT2D eigenvalue weighted by molar-refractivity contribution is -0.142. The summed E-state index contributed by atoms with van der Waals surface area (Å²) in [6, 6.07) is -0.828. The van der Waals surface area contributed by atoms with Gasteiger partial charge >= 0.3 is 12.0 Å².